The number of ether oxygens (including phenoxy) is 1. The van der Waals surface area contributed by atoms with Crippen molar-refractivity contribution in [2.24, 2.45) is 17.3 Å². The average molecular weight is 515 g/mol. The second-order valence-corrected chi connectivity index (χ2v) is 13.2. The number of aryl methyl sites for hydroxylation is 1. The lowest BCUT2D eigenvalue weighted by molar-refractivity contribution is -0.134. The third-order valence-corrected chi connectivity index (χ3v) is 11.5. The van der Waals surface area contributed by atoms with Gasteiger partial charge in [0.15, 0.2) is 0 Å². The molecule has 0 radical (unpaired) electrons. The Hall–Kier alpha value is -1.93. The van der Waals surface area contributed by atoms with Gasteiger partial charge in [-0.25, -0.2) is 4.79 Å². The first-order valence-electron chi connectivity index (χ1n) is 13.8. The van der Waals surface area contributed by atoms with E-state index in [0.717, 1.165) is 74.7 Å². The largest absolute Gasteiger partial charge is 0.508 e. The van der Waals surface area contributed by atoms with Crippen LogP contribution < -0.4 is 15.4 Å². The second kappa shape index (κ2) is 9.43. The number of aliphatic hydroxyl groups is 1. The van der Waals surface area contributed by atoms with Crippen LogP contribution in [-0.4, -0.2) is 51.4 Å². The molecular weight excluding hydrogens is 476 g/mol. The fourth-order valence-corrected chi connectivity index (χ4v) is 9.70. The van der Waals surface area contributed by atoms with Gasteiger partial charge in [0.2, 0.25) is 0 Å². The van der Waals surface area contributed by atoms with E-state index in [9.17, 15) is 19.8 Å². The summed E-state index contributed by atoms with van der Waals surface area (Å²) in [6.07, 6.45) is 8.66. The van der Waals surface area contributed by atoms with Gasteiger partial charge in [-0.15, -0.1) is 0 Å². The number of unbranched alkanes of at least 4 members (excludes halogenated alkanes) is 1. The van der Waals surface area contributed by atoms with Gasteiger partial charge in [0.1, 0.15) is 11.5 Å². The quantitative estimate of drug-likeness (QED) is 0.196. The summed E-state index contributed by atoms with van der Waals surface area (Å²) >= 11 is 1.89. The van der Waals surface area contributed by atoms with Gasteiger partial charge in [-0.05, 0) is 86.2 Å². The van der Waals surface area contributed by atoms with E-state index in [1.807, 2.05) is 17.8 Å². The van der Waals surface area contributed by atoms with Gasteiger partial charge < -0.3 is 25.6 Å². The SMILES string of the molecule is C[C@]12CC[C@@H]3c4c(cc(O)cc4OC(=O)CCCC[C@@H]4SC[C@@H]5NC(=O)N[C@@H]54)CC[C@H]3[C@@H]1CC[C@H]2O. The standard InChI is InChI=1S/C28H38N2O5S/c1-28-11-10-18-17(19(28)8-9-23(28)32)7-6-15-12-16(31)13-21(25(15)18)35-24(33)5-3-2-4-22-26-20(14-36-22)29-27(34)30-26/h12-13,17-20,22-23,26,31-32H,2-11,14H2,1H3,(H2,29,30,34)/t17-,18+,19+,20+,22+,23-,26+,28+/m1/s1. The Labute approximate surface area is 217 Å². The zero-order valence-electron chi connectivity index (χ0n) is 21.0. The van der Waals surface area contributed by atoms with Crippen LogP contribution in [0.4, 0.5) is 4.79 Å². The summed E-state index contributed by atoms with van der Waals surface area (Å²) < 4.78 is 5.94. The maximum Gasteiger partial charge on any atom is 0.315 e. The molecule has 8 atom stereocenters. The molecule has 0 aromatic heterocycles. The van der Waals surface area contributed by atoms with Crippen molar-refractivity contribution in [1.29, 1.82) is 0 Å². The predicted octanol–water partition coefficient (Wildman–Crippen LogP) is 4.24. The number of aliphatic hydroxyl groups excluding tert-OH is 1. The Morgan fingerprint density at radius 3 is 2.92 bits per heavy atom. The molecule has 0 spiro atoms. The third-order valence-electron chi connectivity index (χ3n) is 10.00. The van der Waals surface area contributed by atoms with Crippen molar-refractivity contribution in [2.45, 2.75) is 100 Å². The number of benzene rings is 1. The number of phenols is 1. The molecule has 0 unspecified atom stereocenters. The molecule has 1 aromatic carbocycles. The molecule has 7 nitrogen and oxygen atoms in total. The topological polar surface area (TPSA) is 108 Å². The molecule has 8 heteroatoms. The van der Waals surface area contributed by atoms with E-state index in [2.05, 4.69) is 17.6 Å². The summed E-state index contributed by atoms with van der Waals surface area (Å²) in [6, 6.07) is 3.83. The maximum absolute atomic E-state index is 12.9. The predicted molar refractivity (Wildman–Crippen MR) is 138 cm³/mol. The molecule has 2 amide bonds. The number of hydrogen-bond donors (Lipinski definition) is 4. The number of rotatable bonds is 6. The van der Waals surface area contributed by atoms with Crippen LogP contribution in [0.15, 0.2) is 12.1 Å². The molecule has 2 saturated heterocycles. The number of esters is 1. The molecule has 2 heterocycles. The molecule has 1 aromatic rings. The Bertz CT molecular complexity index is 1050. The summed E-state index contributed by atoms with van der Waals surface area (Å²) in [6.45, 7) is 2.26. The minimum atomic E-state index is -0.241. The van der Waals surface area contributed by atoms with Crippen molar-refractivity contribution >= 4 is 23.8 Å². The number of carbonyl (C=O) groups excluding carboxylic acids is 2. The van der Waals surface area contributed by atoms with Crippen LogP contribution in [0.3, 0.4) is 0 Å². The van der Waals surface area contributed by atoms with E-state index in [-0.39, 0.29) is 41.4 Å². The molecule has 4 N–H and O–H groups in total. The second-order valence-electron chi connectivity index (χ2n) is 11.9. The highest BCUT2D eigenvalue weighted by Crippen LogP contribution is 2.62. The lowest BCUT2D eigenvalue weighted by Crippen LogP contribution is -2.44. The van der Waals surface area contributed by atoms with E-state index < -0.39 is 0 Å². The Balaban J connectivity index is 1.09. The van der Waals surface area contributed by atoms with Gasteiger partial charge in [0, 0.05) is 29.1 Å². The van der Waals surface area contributed by atoms with Gasteiger partial charge in [0.25, 0.3) is 0 Å². The summed E-state index contributed by atoms with van der Waals surface area (Å²) in [4.78, 5) is 24.4. The van der Waals surface area contributed by atoms with Gasteiger partial charge >= 0.3 is 12.0 Å². The summed E-state index contributed by atoms with van der Waals surface area (Å²) in [5.41, 5.74) is 2.24. The van der Waals surface area contributed by atoms with Crippen LogP contribution in [-0.2, 0) is 11.2 Å². The number of fused-ring (bicyclic) bond motifs is 6. The van der Waals surface area contributed by atoms with Crippen molar-refractivity contribution in [3.8, 4) is 11.5 Å². The van der Waals surface area contributed by atoms with E-state index in [4.69, 9.17) is 4.74 Å². The molecule has 3 aliphatic carbocycles. The summed E-state index contributed by atoms with van der Waals surface area (Å²) in [5, 5.41) is 27.4. The van der Waals surface area contributed by atoms with Crippen LogP contribution in [0, 0.1) is 17.3 Å². The summed E-state index contributed by atoms with van der Waals surface area (Å²) in [7, 11) is 0. The highest BCUT2D eigenvalue weighted by Gasteiger charge is 2.55. The Morgan fingerprint density at radius 1 is 1.19 bits per heavy atom. The number of phenolic OH excluding ortho intramolecular Hbond substituents is 1. The van der Waals surface area contributed by atoms with Crippen LogP contribution in [0.1, 0.15) is 81.8 Å². The normalized spacial score (nSPS) is 38.4. The number of amides is 2. The molecule has 6 rings (SSSR count). The van der Waals surface area contributed by atoms with Gasteiger partial charge in [-0.3, -0.25) is 4.79 Å². The Morgan fingerprint density at radius 2 is 2.06 bits per heavy atom. The fraction of sp³-hybridized carbons (Fsp3) is 0.714. The Kier molecular flexibility index (Phi) is 6.39. The smallest absolute Gasteiger partial charge is 0.315 e. The molecule has 0 bridgehead atoms. The average Bonchev–Trinajstić information content (AvgIpc) is 3.48. The highest BCUT2D eigenvalue weighted by atomic mass is 32.2. The maximum atomic E-state index is 12.9. The summed E-state index contributed by atoms with van der Waals surface area (Å²) in [5.74, 6) is 2.73. The lowest BCUT2D eigenvalue weighted by Gasteiger charge is -2.50. The monoisotopic (exact) mass is 514 g/mol. The van der Waals surface area contributed by atoms with Crippen molar-refractivity contribution in [3.63, 3.8) is 0 Å². The van der Waals surface area contributed by atoms with E-state index >= 15 is 0 Å². The number of carbonyl (C=O) groups is 2. The number of aromatic hydroxyl groups is 1. The van der Waals surface area contributed by atoms with Crippen LogP contribution in [0.25, 0.3) is 0 Å². The first-order valence-corrected chi connectivity index (χ1v) is 14.8. The number of thioether (sulfide) groups is 1. The molecule has 196 valence electrons. The van der Waals surface area contributed by atoms with Crippen LogP contribution in [0.2, 0.25) is 0 Å². The molecule has 36 heavy (non-hydrogen) atoms. The van der Waals surface area contributed by atoms with Gasteiger partial charge in [-0.1, -0.05) is 13.3 Å². The minimum Gasteiger partial charge on any atom is -0.508 e. The van der Waals surface area contributed by atoms with E-state index in [1.165, 1.54) is 0 Å². The number of urea groups is 1. The van der Waals surface area contributed by atoms with E-state index in [0.29, 0.717) is 35.2 Å². The minimum absolute atomic E-state index is 0.00141. The zero-order chi connectivity index (χ0) is 25.0. The number of hydrogen-bond acceptors (Lipinski definition) is 6. The molecule has 2 aliphatic heterocycles. The molecule has 5 aliphatic rings. The zero-order valence-corrected chi connectivity index (χ0v) is 21.8. The third kappa shape index (κ3) is 4.18. The first-order chi connectivity index (χ1) is 17.3. The van der Waals surface area contributed by atoms with Crippen molar-refractivity contribution in [3.05, 3.63) is 23.3 Å². The molecule has 4 fully saturated rings. The van der Waals surface area contributed by atoms with Crippen LogP contribution >= 0.6 is 11.8 Å². The highest BCUT2D eigenvalue weighted by molar-refractivity contribution is 8.00. The van der Waals surface area contributed by atoms with Crippen molar-refractivity contribution < 1.29 is 24.5 Å². The van der Waals surface area contributed by atoms with E-state index in [1.54, 1.807) is 6.07 Å². The number of nitrogens with one attached hydrogen (secondary N) is 2. The van der Waals surface area contributed by atoms with Gasteiger partial charge in [0.05, 0.1) is 18.2 Å². The van der Waals surface area contributed by atoms with Gasteiger partial charge in [-0.2, -0.15) is 11.8 Å². The van der Waals surface area contributed by atoms with Crippen LogP contribution in [0.5, 0.6) is 11.5 Å². The first kappa shape index (κ1) is 24.4. The van der Waals surface area contributed by atoms with Crippen molar-refractivity contribution in [1.82, 2.24) is 10.6 Å². The van der Waals surface area contributed by atoms with Crippen molar-refractivity contribution in [2.75, 3.05) is 5.75 Å². The molecule has 2 saturated carbocycles. The molecular formula is C28H38N2O5S. The fourth-order valence-electron chi connectivity index (χ4n) is 8.16. The lowest BCUT2D eigenvalue weighted by atomic mass is 9.55.